The van der Waals surface area contributed by atoms with Crippen molar-refractivity contribution in [3.63, 3.8) is 0 Å². The summed E-state index contributed by atoms with van der Waals surface area (Å²) < 4.78 is 17.4. The van der Waals surface area contributed by atoms with Gasteiger partial charge in [-0.05, 0) is 30.7 Å². The normalized spacial score (nSPS) is 10.7. The van der Waals surface area contributed by atoms with E-state index in [9.17, 15) is 4.79 Å². The Labute approximate surface area is 143 Å². The number of esters is 1. The van der Waals surface area contributed by atoms with Crippen molar-refractivity contribution in [3.05, 3.63) is 73.3 Å². The molecule has 2 aromatic carbocycles. The number of ether oxygens (including phenoxy) is 1. The van der Waals surface area contributed by atoms with Crippen LogP contribution in [0.1, 0.15) is 6.42 Å². The smallest absolute Gasteiger partial charge is 0.457 e. The van der Waals surface area contributed by atoms with Crippen molar-refractivity contribution in [1.29, 1.82) is 0 Å². The molecule has 0 saturated heterocycles. The highest BCUT2D eigenvalue weighted by Gasteiger charge is 2.35. The molecule has 0 aliphatic heterocycles. The summed E-state index contributed by atoms with van der Waals surface area (Å²) in [6.07, 6.45) is 1.83. The van der Waals surface area contributed by atoms with Gasteiger partial charge in [0.15, 0.2) is 0 Å². The van der Waals surface area contributed by atoms with Crippen LogP contribution in [-0.2, 0) is 9.53 Å². The zero-order valence-electron chi connectivity index (χ0n) is 13.8. The maximum Gasteiger partial charge on any atom is 0.457 e. The van der Waals surface area contributed by atoms with Crippen LogP contribution >= 0.6 is 0 Å². The minimum atomic E-state index is -2.53. The molecule has 0 heterocycles. The van der Waals surface area contributed by atoms with E-state index in [2.05, 4.69) is 6.58 Å². The molecule has 0 aliphatic rings. The summed E-state index contributed by atoms with van der Waals surface area (Å²) in [4.78, 5) is 11.1. The predicted octanol–water partition coefficient (Wildman–Crippen LogP) is 4.34. The molecule has 2 aromatic rings. The van der Waals surface area contributed by atoms with Crippen molar-refractivity contribution < 1.29 is 18.4 Å². The fourth-order valence-corrected chi connectivity index (χ4v) is 4.53. The second-order valence-corrected chi connectivity index (χ2v) is 8.62. The molecule has 0 bridgehead atoms. The second-order valence-electron chi connectivity index (χ2n) is 5.44. The van der Waals surface area contributed by atoms with Crippen LogP contribution in [0.3, 0.4) is 0 Å². The van der Waals surface area contributed by atoms with Crippen LogP contribution in [0.2, 0.25) is 12.6 Å². The molecular weight excluding hydrogens is 320 g/mol. The quantitative estimate of drug-likeness (QED) is 0.294. The van der Waals surface area contributed by atoms with Gasteiger partial charge >= 0.3 is 14.5 Å². The van der Waals surface area contributed by atoms with Crippen LogP contribution in [0.5, 0.6) is 11.5 Å². The van der Waals surface area contributed by atoms with Gasteiger partial charge in [-0.2, -0.15) is 0 Å². The SMILES string of the molecule is C=CC(=O)OCCC[Si](C)(Oc1ccccc1)Oc1ccccc1. The number of rotatable bonds is 9. The van der Waals surface area contributed by atoms with Crippen molar-refractivity contribution in [2.75, 3.05) is 6.61 Å². The van der Waals surface area contributed by atoms with Gasteiger partial charge in [-0.1, -0.05) is 43.0 Å². The highest BCUT2D eigenvalue weighted by atomic mass is 28.4. The van der Waals surface area contributed by atoms with E-state index in [1.807, 2.05) is 67.2 Å². The van der Waals surface area contributed by atoms with Crippen molar-refractivity contribution in [3.8, 4) is 11.5 Å². The van der Waals surface area contributed by atoms with E-state index < -0.39 is 14.5 Å². The van der Waals surface area contributed by atoms with Crippen molar-refractivity contribution in [2.24, 2.45) is 0 Å². The fraction of sp³-hybridized carbons (Fsp3) is 0.211. The average Bonchev–Trinajstić information content (AvgIpc) is 2.60. The monoisotopic (exact) mass is 342 g/mol. The van der Waals surface area contributed by atoms with Crippen LogP contribution in [0.4, 0.5) is 0 Å². The Balaban J connectivity index is 2.02. The van der Waals surface area contributed by atoms with Crippen LogP contribution in [0, 0.1) is 0 Å². The molecule has 0 fully saturated rings. The molecule has 0 aromatic heterocycles. The minimum absolute atomic E-state index is 0.323. The van der Waals surface area contributed by atoms with E-state index in [4.69, 9.17) is 13.6 Å². The van der Waals surface area contributed by atoms with Crippen LogP contribution in [0.15, 0.2) is 73.3 Å². The van der Waals surface area contributed by atoms with Crippen LogP contribution in [0.25, 0.3) is 0 Å². The predicted molar refractivity (Wildman–Crippen MR) is 96.3 cm³/mol. The van der Waals surface area contributed by atoms with Crippen LogP contribution in [-0.4, -0.2) is 21.1 Å². The number of hydrogen-bond donors (Lipinski definition) is 0. The van der Waals surface area contributed by atoms with Gasteiger partial charge in [-0.25, -0.2) is 4.79 Å². The third kappa shape index (κ3) is 5.93. The van der Waals surface area contributed by atoms with Crippen molar-refractivity contribution in [1.82, 2.24) is 0 Å². The van der Waals surface area contributed by atoms with Crippen molar-refractivity contribution in [2.45, 2.75) is 19.0 Å². The molecule has 0 saturated carbocycles. The van der Waals surface area contributed by atoms with E-state index in [1.54, 1.807) is 0 Å². The standard InChI is InChI=1S/C19H22O4Si/c1-3-19(20)21-15-10-16-24(2,22-17-11-6-4-7-12-17)23-18-13-8-5-9-14-18/h3-9,11-14H,1,10,15-16H2,2H3. The van der Waals surface area contributed by atoms with E-state index in [0.717, 1.165) is 17.6 Å². The van der Waals surface area contributed by atoms with Crippen molar-refractivity contribution >= 4 is 14.5 Å². The Morgan fingerprint density at radius 2 is 1.50 bits per heavy atom. The molecule has 5 heteroatoms. The third-order valence-corrected chi connectivity index (χ3v) is 5.94. The lowest BCUT2D eigenvalue weighted by molar-refractivity contribution is -0.137. The Morgan fingerprint density at radius 1 is 1.00 bits per heavy atom. The molecular formula is C19H22O4Si. The Hall–Kier alpha value is -2.53. The molecule has 0 atom stereocenters. The summed E-state index contributed by atoms with van der Waals surface area (Å²) in [5, 5.41) is 0. The second kappa shape index (κ2) is 8.93. The first-order chi connectivity index (χ1) is 11.6. The molecule has 0 radical (unpaired) electrons. The zero-order valence-corrected chi connectivity index (χ0v) is 14.8. The van der Waals surface area contributed by atoms with Gasteiger partial charge in [-0.3, -0.25) is 0 Å². The maximum absolute atomic E-state index is 11.1. The minimum Gasteiger partial charge on any atom is -0.512 e. The summed E-state index contributed by atoms with van der Waals surface area (Å²) in [7, 11) is -2.53. The maximum atomic E-state index is 11.1. The molecule has 0 unspecified atom stereocenters. The summed E-state index contributed by atoms with van der Waals surface area (Å²) in [5.41, 5.74) is 0. The topological polar surface area (TPSA) is 44.8 Å². The molecule has 0 amide bonds. The summed E-state index contributed by atoms with van der Waals surface area (Å²) in [6, 6.07) is 20.0. The lowest BCUT2D eigenvalue weighted by atomic mass is 10.3. The number of benzene rings is 2. The summed E-state index contributed by atoms with van der Waals surface area (Å²) in [6.45, 7) is 5.72. The Bertz CT molecular complexity index is 601. The van der Waals surface area contributed by atoms with E-state index >= 15 is 0 Å². The molecule has 24 heavy (non-hydrogen) atoms. The van der Waals surface area contributed by atoms with Crippen LogP contribution < -0.4 is 8.85 Å². The van der Waals surface area contributed by atoms with E-state index in [0.29, 0.717) is 19.1 Å². The fourth-order valence-electron chi connectivity index (χ4n) is 2.22. The summed E-state index contributed by atoms with van der Waals surface area (Å²) >= 11 is 0. The summed E-state index contributed by atoms with van der Waals surface area (Å²) in [5.74, 6) is 1.16. The van der Waals surface area contributed by atoms with Gasteiger partial charge in [0.2, 0.25) is 0 Å². The first-order valence-corrected chi connectivity index (χ1v) is 10.4. The Morgan fingerprint density at radius 3 is 1.96 bits per heavy atom. The number of carbonyl (C=O) groups is 1. The molecule has 0 spiro atoms. The van der Waals surface area contributed by atoms with Gasteiger partial charge in [0.25, 0.3) is 0 Å². The van der Waals surface area contributed by atoms with Gasteiger partial charge in [0.1, 0.15) is 11.5 Å². The average molecular weight is 342 g/mol. The molecule has 0 aliphatic carbocycles. The number of para-hydroxylation sites is 2. The van der Waals surface area contributed by atoms with E-state index in [-0.39, 0.29) is 0 Å². The first kappa shape index (κ1) is 17.8. The number of hydrogen-bond acceptors (Lipinski definition) is 4. The van der Waals surface area contributed by atoms with Gasteiger partial charge in [-0.15, -0.1) is 0 Å². The van der Waals surface area contributed by atoms with Gasteiger partial charge in [0.05, 0.1) is 6.61 Å². The third-order valence-electron chi connectivity index (χ3n) is 3.34. The zero-order chi connectivity index (χ0) is 17.3. The van der Waals surface area contributed by atoms with Gasteiger partial charge in [0, 0.05) is 18.7 Å². The highest BCUT2D eigenvalue weighted by Crippen LogP contribution is 2.24. The lowest BCUT2D eigenvalue weighted by Crippen LogP contribution is -2.45. The Kier molecular flexibility index (Phi) is 6.63. The highest BCUT2D eigenvalue weighted by molar-refractivity contribution is 6.67. The molecule has 4 nitrogen and oxygen atoms in total. The lowest BCUT2D eigenvalue weighted by Gasteiger charge is -2.28. The largest absolute Gasteiger partial charge is 0.512 e. The van der Waals surface area contributed by atoms with Gasteiger partial charge < -0.3 is 13.6 Å². The molecule has 0 N–H and O–H groups in total. The van der Waals surface area contributed by atoms with E-state index in [1.165, 1.54) is 0 Å². The first-order valence-electron chi connectivity index (χ1n) is 7.89. The molecule has 2 rings (SSSR count). The molecule has 126 valence electrons. The number of carbonyl (C=O) groups excluding carboxylic acids is 1.